The summed E-state index contributed by atoms with van der Waals surface area (Å²) < 4.78 is 0.971. The van der Waals surface area contributed by atoms with Crippen LogP contribution in [0.1, 0.15) is 17.3 Å². The summed E-state index contributed by atoms with van der Waals surface area (Å²) in [6.07, 6.45) is 1.55. The van der Waals surface area contributed by atoms with E-state index in [0.29, 0.717) is 17.3 Å². The fourth-order valence-corrected chi connectivity index (χ4v) is 2.45. The topological polar surface area (TPSA) is 79.8 Å². The van der Waals surface area contributed by atoms with Crippen LogP contribution in [-0.2, 0) is 0 Å². The lowest BCUT2D eigenvalue weighted by atomic mass is 10.1. The molecule has 0 aliphatic rings. The third-order valence-corrected chi connectivity index (χ3v) is 3.70. The van der Waals surface area contributed by atoms with Crippen LogP contribution in [-0.4, -0.2) is 21.0 Å². The average molecular weight is 384 g/mol. The monoisotopic (exact) mass is 383 g/mol. The van der Waals surface area contributed by atoms with Gasteiger partial charge in [-0.1, -0.05) is 22.0 Å². The van der Waals surface area contributed by atoms with Crippen molar-refractivity contribution in [3.63, 3.8) is 0 Å². The van der Waals surface area contributed by atoms with Crippen LogP contribution in [0.25, 0.3) is 0 Å². The summed E-state index contributed by atoms with van der Waals surface area (Å²) in [7, 11) is 0. The Morgan fingerprint density at radius 3 is 2.54 bits per heavy atom. The van der Waals surface area contributed by atoms with Gasteiger partial charge in [0.25, 0.3) is 0 Å². The van der Waals surface area contributed by atoms with Gasteiger partial charge in [0.15, 0.2) is 11.6 Å². The highest BCUT2D eigenvalue weighted by Crippen LogP contribution is 2.20. The summed E-state index contributed by atoms with van der Waals surface area (Å²) in [5, 5.41) is 14.1. The summed E-state index contributed by atoms with van der Waals surface area (Å²) in [6, 6.07) is 14.8. The van der Waals surface area contributed by atoms with Crippen molar-refractivity contribution in [2.75, 3.05) is 10.6 Å². The molecule has 0 aliphatic heterocycles. The Balaban J connectivity index is 1.74. The van der Waals surface area contributed by atoms with Gasteiger partial charge in [0.05, 0.1) is 6.20 Å². The van der Waals surface area contributed by atoms with E-state index in [4.69, 9.17) is 0 Å². The number of nitrogens with one attached hydrogen (secondary N) is 2. The SMILES string of the molecule is CC(=O)c1ccc(Nc2nncc(Nc3cccc(Br)c3)n2)cc1. The second kappa shape index (κ2) is 7.18. The third-order valence-electron chi connectivity index (χ3n) is 3.20. The minimum Gasteiger partial charge on any atom is -0.339 e. The molecule has 0 saturated heterocycles. The van der Waals surface area contributed by atoms with Gasteiger partial charge in [-0.3, -0.25) is 4.79 Å². The van der Waals surface area contributed by atoms with Crippen molar-refractivity contribution >= 4 is 44.9 Å². The van der Waals surface area contributed by atoms with Gasteiger partial charge in [-0.15, -0.1) is 5.10 Å². The standard InChI is InChI=1S/C17H14BrN5O/c1-11(24)12-5-7-14(8-6-12)21-17-22-16(10-19-23-17)20-15-4-2-3-13(18)9-15/h2-10H,1H3,(H2,20,21,22,23). The van der Waals surface area contributed by atoms with Crippen molar-refractivity contribution in [3.8, 4) is 0 Å². The number of carbonyl (C=O) groups excluding carboxylic acids is 1. The quantitative estimate of drug-likeness (QED) is 0.638. The zero-order valence-corrected chi connectivity index (χ0v) is 14.4. The number of anilines is 4. The van der Waals surface area contributed by atoms with Crippen LogP contribution in [0.4, 0.5) is 23.1 Å². The molecule has 120 valence electrons. The molecule has 2 N–H and O–H groups in total. The van der Waals surface area contributed by atoms with E-state index < -0.39 is 0 Å². The van der Waals surface area contributed by atoms with E-state index in [1.165, 1.54) is 6.92 Å². The first-order valence-corrected chi connectivity index (χ1v) is 8.00. The summed E-state index contributed by atoms with van der Waals surface area (Å²) >= 11 is 3.43. The Morgan fingerprint density at radius 2 is 1.83 bits per heavy atom. The van der Waals surface area contributed by atoms with Gasteiger partial charge in [-0.25, -0.2) is 0 Å². The molecule has 3 aromatic rings. The maximum absolute atomic E-state index is 11.3. The van der Waals surface area contributed by atoms with E-state index in [1.54, 1.807) is 30.5 Å². The average Bonchev–Trinajstić information content (AvgIpc) is 2.56. The van der Waals surface area contributed by atoms with E-state index in [1.807, 2.05) is 24.3 Å². The lowest BCUT2D eigenvalue weighted by Crippen LogP contribution is -2.02. The Bertz CT molecular complexity index is 867. The van der Waals surface area contributed by atoms with Crippen LogP contribution in [0, 0.1) is 0 Å². The predicted molar refractivity (Wildman–Crippen MR) is 97.0 cm³/mol. The van der Waals surface area contributed by atoms with Crippen molar-refractivity contribution in [1.29, 1.82) is 0 Å². The van der Waals surface area contributed by atoms with Crippen molar-refractivity contribution in [2.45, 2.75) is 6.92 Å². The van der Waals surface area contributed by atoms with Crippen LogP contribution < -0.4 is 10.6 Å². The number of halogens is 1. The van der Waals surface area contributed by atoms with Crippen LogP contribution in [0.15, 0.2) is 59.2 Å². The molecule has 0 unspecified atom stereocenters. The number of carbonyl (C=O) groups is 1. The number of Topliss-reactive ketones (excluding diaryl/α,β-unsaturated/α-hetero) is 1. The summed E-state index contributed by atoms with van der Waals surface area (Å²) in [6.45, 7) is 1.53. The van der Waals surface area contributed by atoms with Gasteiger partial charge in [0.2, 0.25) is 5.95 Å². The van der Waals surface area contributed by atoms with E-state index in [-0.39, 0.29) is 5.78 Å². The number of ketones is 1. The highest BCUT2D eigenvalue weighted by molar-refractivity contribution is 9.10. The molecule has 0 aliphatic carbocycles. The molecule has 2 aromatic carbocycles. The van der Waals surface area contributed by atoms with Gasteiger partial charge in [-0.2, -0.15) is 10.1 Å². The summed E-state index contributed by atoms with van der Waals surface area (Å²) in [5.74, 6) is 0.969. The van der Waals surface area contributed by atoms with Crippen LogP contribution >= 0.6 is 15.9 Å². The van der Waals surface area contributed by atoms with E-state index in [2.05, 4.69) is 41.7 Å². The number of nitrogens with zero attached hydrogens (tertiary/aromatic N) is 3. The summed E-state index contributed by atoms with van der Waals surface area (Å²) in [5.41, 5.74) is 2.33. The van der Waals surface area contributed by atoms with E-state index >= 15 is 0 Å². The summed E-state index contributed by atoms with van der Waals surface area (Å²) in [4.78, 5) is 15.7. The number of hydrogen-bond acceptors (Lipinski definition) is 6. The third kappa shape index (κ3) is 4.14. The van der Waals surface area contributed by atoms with Gasteiger partial charge in [0, 0.05) is 21.4 Å². The molecule has 0 atom stereocenters. The second-order valence-corrected chi connectivity index (χ2v) is 5.97. The molecule has 24 heavy (non-hydrogen) atoms. The normalized spacial score (nSPS) is 10.2. The highest BCUT2D eigenvalue weighted by Gasteiger charge is 2.04. The van der Waals surface area contributed by atoms with E-state index in [0.717, 1.165) is 15.8 Å². The zero-order chi connectivity index (χ0) is 16.9. The Hall–Kier alpha value is -2.80. The molecule has 7 heteroatoms. The minimum absolute atomic E-state index is 0.0275. The maximum atomic E-state index is 11.3. The van der Waals surface area contributed by atoms with Gasteiger partial charge >= 0.3 is 0 Å². The predicted octanol–water partition coefficient (Wildman–Crippen LogP) is 4.32. The second-order valence-electron chi connectivity index (χ2n) is 5.06. The van der Waals surface area contributed by atoms with Gasteiger partial charge < -0.3 is 10.6 Å². The largest absolute Gasteiger partial charge is 0.339 e. The number of rotatable bonds is 5. The molecule has 0 fully saturated rings. The zero-order valence-electron chi connectivity index (χ0n) is 12.8. The number of hydrogen-bond donors (Lipinski definition) is 2. The Morgan fingerprint density at radius 1 is 1.04 bits per heavy atom. The molecule has 6 nitrogen and oxygen atoms in total. The molecule has 0 amide bonds. The lowest BCUT2D eigenvalue weighted by molar-refractivity contribution is 0.101. The van der Waals surface area contributed by atoms with Crippen LogP contribution in [0.3, 0.4) is 0 Å². The molecule has 1 heterocycles. The molecule has 0 bridgehead atoms. The van der Waals surface area contributed by atoms with Crippen molar-refractivity contribution in [3.05, 3.63) is 64.8 Å². The molecular weight excluding hydrogens is 370 g/mol. The van der Waals surface area contributed by atoms with Gasteiger partial charge in [0.1, 0.15) is 0 Å². The Kier molecular flexibility index (Phi) is 4.81. The number of aromatic nitrogens is 3. The fourth-order valence-electron chi connectivity index (χ4n) is 2.05. The maximum Gasteiger partial charge on any atom is 0.249 e. The smallest absolute Gasteiger partial charge is 0.249 e. The first-order valence-electron chi connectivity index (χ1n) is 7.20. The molecule has 0 spiro atoms. The Labute approximate surface area is 147 Å². The molecule has 1 aromatic heterocycles. The molecule has 3 rings (SSSR count). The van der Waals surface area contributed by atoms with Crippen molar-refractivity contribution in [2.24, 2.45) is 0 Å². The molecule has 0 saturated carbocycles. The number of benzene rings is 2. The first kappa shape index (κ1) is 16.1. The van der Waals surface area contributed by atoms with Crippen molar-refractivity contribution < 1.29 is 4.79 Å². The first-order chi connectivity index (χ1) is 11.6. The fraction of sp³-hybridized carbons (Fsp3) is 0.0588. The van der Waals surface area contributed by atoms with Crippen molar-refractivity contribution in [1.82, 2.24) is 15.2 Å². The van der Waals surface area contributed by atoms with E-state index in [9.17, 15) is 4.79 Å². The van der Waals surface area contributed by atoms with Gasteiger partial charge in [-0.05, 0) is 49.4 Å². The molecule has 0 radical (unpaired) electrons. The molecular formula is C17H14BrN5O. The van der Waals surface area contributed by atoms with Crippen LogP contribution in [0.5, 0.6) is 0 Å². The minimum atomic E-state index is 0.0275. The highest BCUT2D eigenvalue weighted by atomic mass is 79.9. The van der Waals surface area contributed by atoms with Crippen LogP contribution in [0.2, 0.25) is 0 Å². The lowest BCUT2D eigenvalue weighted by Gasteiger charge is -2.08.